The number of carbonyl (C=O) groups is 1. The topological polar surface area (TPSA) is 66.9 Å². The van der Waals surface area contributed by atoms with Crippen molar-refractivity contribution < 1.29 is 22.3 Å². The summed E-state index contributed by atoms with van der Waals surface area (Å²) in [6, 6.07) is 10.4. The molecule has 0 unspecified atom stereocenters. The van der Waals surface area contributed by atoms with Crippen molar-refractivity contribution in [2.75, 3.05) is 37.7 Å². The standard InChI is InChI=1S/C20H21FN2O4S/c21-17-5-3-15(4-6-17)20(24)23-9-1-2-16-14-18(7-8-19(16)23)28(25,26)22-10-12-27-13-11-22/h3-8,14H,1-2,9-13H2. The number of nitrogens with zero attached hydrogens (tertiary/aromatic N) is 2. The second-order valence-corrected chi connectivity index (χ2v) is 8.81. The van der Waals surface area contributed by atoms with E-state index >= 15 is 0 Å². The summed E-state index contributed by atoms with van der Waals surface area (Å²) in [4.78, 5) is 14.7. The average Bonchev–Trinajstić information content (AvgIpc) is 2.73. The first-order valence-electron chi connectivity index (χ1n) is 9.25. The minimum Gasteiger partial charge on any atom is -0.379 e. The van der Waals surface area contributed by atoms with Gasteiger partial charge in [-0.3, -0.25) is 4.79 Å². The molecule has 0 N–H and O–H groups in total. The number of fused-ring (bicyclic) bond motifs is 1. The molecule has 8 heteroatoms. The van der Waals surface area contributed by atoms with Crippen LogP contribution in [0, 0.1) is 5.82 Å². The summed E-state index contributed by atoms with van der Waals surface area (Å²) < 4.78 is 45.6. The first-order chi connectivity index (χ1) is 13.5. The highest BCUT2D eigenvalue weighted by atomic mass is 32.2. The van der Waals surface area contributed by atoms with Gasteiger partial charge in [-0.05, 0) is 60.9 Å². The molecule has 2 aromatic rings. The van der Waals surface area contributed by atoms with Gasteiger partial charge >= 0.3 is 0 Å². The molecule has 2 aromatic carbocycles. The first-order valence-corrected chi connectivity index (χ1v) is 10.7. The lowest BCUT2D eigenvalue weighted by Crippen LogP contribution is -2.40. The van der Waals surface area contributed by atoms with Crippen LogP contribution >= 0.6 is 0 Å². The van der Waals surface area contributed by atoms with Gasteiger partial charge in [0.25, 0.3) is 5.91 Å². The van der Waals surface area contributed by atoms with Crippen molar-refractivity contribution in [2.24, 2.45) is 0 Å². The maximum absolute atomic E-state index is 13.1. The van der Waals surface area contributed by atoms with E-state index in [1.165, 1.54) is 28.6 Å². The monoisotopic (exact) mass is 404 g/mol. The van der Waals surface area contributed by atoms with Gasteiger partial charge in [0.15, 0.2) is 0 Å². The summed E-state index contributed by atoms with van der Waals surface area (Å²) in [6.45, 7) is 2.01. The molecule has 1 saturated heterocycles. The van der Waals surface area contributed by atoms with Crippen molar-refractivity contribution in [2.45, 2.75) is 17.7 Å². The van der Waals surface area contributed by atoms with E-state index in [1.807, 2.05) is 0 Å². The Bertz CT molecular complexity index is 986. The van der Waals surface area contributed by atoms with Crippen LogP contribution < -0.4 is 4.90 Å². The number of anilines is 1. The van der Waals surface area contributed by atoms with Crippen molar-refractivity contribution in [3.63, 3.8) is 0 Å². The summed E-state index contributed by atoms with van der Waals surface area (Å²) in [5, 5.41) is 0. The van der Waals surface area contributed by atoms with Gasteiger partial charge in [-0.1, -0.05) is 0 Å². The number of rotatable bonds is 3. The zero-order valence-electron chi connectivity index (χ0n) is 15.3. The maximum atomic E-state index is 13.1. The van der Waals surface area contributed by atoms with Gasteiger partial charge in [-0.2, -0.15) is 4.31 Å². The van der Waals surface area contributed by atoms with Crippen molar-refractivity contribution in [3.8, 4) is 0 Å². The second kappa shape index (κ2) is 7.62. The predicted octanol–water partition coefficient (Wildman–Crippen LogP) is 2.44. The van der Waals surface area contributed by atoms with Crippen molar-refractivity contribution >= 4 is 21.6 Å². The largest absolute Gasteiger partial charge is 0.379 e. The van der Waals surface area contributed by atoms with Gasteiger partial charge in [0.1, 0.15) is 5.82 Å². The number of aryl methyl sites for hydroxylation is 1. The lowest BCUT2D eigenvalue weighted by molar-refractivity contribution is 0.0730. The van der Waals surface area contributed by atoms with Crippen LogP contribution in [0.4, 0.5) is 10.1 Å². The summed E-state index contributed by atoms with van der Waals surface area (Å²) in [6.07, 6.45) is 1.44. The zero-order valence-corrected chi connectivity index (χ0v) is 16.1. The Labute approximate surface area is 163 Å². The Balaban J connectivity index is 1.64. The van der Waals surface area contributed by atoms with Gasteiger partial charge in [0.05, 0.1) is 18.1 Å². The van der Waals surface area contributed by atoms with Crippen LogP contribution in [-0.2, 0) is 21.2 Å². The molecule has 2 aliphatic rings. The van der Waals surface area contributed by atoms with Crippen LogP contribution in [0.2, 0.25) is 0 Å². The van der Waals surface area contributed by atoms with Gasteiger partial charge in [0, 0.05) is 30.9 Å². The third kappa shape index (κ3) is 3.55. The van der Waals surface area contributed by atoms with Crippen molar-refractivity contribution in [1.82, 2.24) is 4.31 Å². The molecule has 0 atom stereocenters. The van der Waals surface area contributed by atoms with Crippen LogP contribution in [0.5, 0.6) is 0 Å². The summed E-state index contributed by atoms with van der Waals surface area (Å²) >= 11 is 0. The molecule has 0 radical (unpaired) electrons. The summed E-state index contributed by atoms with van der Waals surface area (Å²) in [7, 11) is -3.58. The number of hydrogen-bond acceptors (Lipinski definition) is 4. The van der Waals surface area contributed by atoms with Crippen LogP contribution in [0.3, 0.4) is 0 Å². The van der Waals surface area contributed by atoms with Gasteiger partial charge < -0.3 is 9.64 Å². The molecular formula is C20H21FN2O4S. The van der Waals surface area contributed by atoms with Crippen molar-refractivity contribution in [1.29, 1.82) is 0 Å². The molecule has 1 amide bonds. The van der Waals surface area contributed by atoms with E-state index in [9.17, 15) is 17.6 Å². The first kappa shape index (κ1) is 19.0. The van der Waals surface area contributed by atoms with Gasteiger partial charge in [0.2, 0.25) is 10.0 Å². The average molecular weight is 404 g/mol. The SMILES string of the molecule is O=C(c1ccc(F)cc1)N1CCCc2cc(S(=O)(=O)N3CCOCC3)ccc21. The minimum absolute atomic E-state index is 0.218. The van der Waals surface area contributed by atoms with Crippen LogP contribution in [-0.4, -0.2) is 51.5 Å². The highest BCUT2D eigenvalue weighted by Crippen LogP contribution is 2.31. The maximum Gasteiger partial charge on any atom is 0.258 e. The molecule has 2 heterocycles. The number of sulfonamides is 1. The summed E-state index contributed by atoms with van der Waals surface area (Å²) in [5.74, 6) is -0.613. The number of benzene rings is 2. The van der Waals surface area contributed by atoms with Gasteiger partial charge in [-0.15, -0.1) is 0 Å². The smallest absolute Gasteiger partial charge is 0.258 e. The lowest BCUT2D eigenvalue weighted by Gasteiger charge is -2.31. The van der Waals surface area contributed by atoms with E-state index in [-0.39, 0.29) is 10.8 Å². The van der Waals surface area contributed by atoms with Crippen molar-refractivity contribution in [3.05, 3.63) is 59.4 Å². The third-order valence-electron chi connectivity index (χ3n) is 5.11. The molecular weight excluding hydrogens is 383 g/mol. The van der Waals surface area contributed by atoms with E-state index in [2.05, 4.69) is 0 Å². The fraction of sp³-hybridized carbons (Fsp3) is 0.350. The van der Waals surface area contributed by atoms with Gasteiger partial charge in [-0.25, -0.2) is 12.8 Å². The molecule has 0 aromatic heterocycles. The number of morpholine rings is 1. The van der Waals surface area contributed by atoms with Crippen LogP contribution in [0.25, 0.3) is 0 Å². The third-order valence-corrected chi connectivity index (χ3v) is 7.01. The Hall–Kier alpha value is -2.29. The van der Waals surface area contributed by atoms with Crippen LogP contribution in [0.1, 0.15) is 22.3 Å². The minimum atomic E-state index is -3.58. The van der Waals surface area contributed by atoms with E-state index in [0.717, 1.165) is 12.0 Å². The fourth-order valence-electron chi connectivity index (χ4n) is 3.63. The highest BCUT2D eigenvalue weighted by molar-refractivity contribution is 7.89. The molecule has 4 rings (SSSR count). The Kier molecular flexibility index (Phi) is 5.18. The fourth-order valence-corrected chi connectivity index (χ4v) is 5.09. The van der Waals surface area contributed by atoms with E-state index < -0.39 is 15.8 Å². The molecule has 28 heavy (non-hydrogen) atoms. The van der Waals surface area contributed by atoms with E-state index in [4.69, 9.17) is 4.74 Å². The molecule has 2 aliphatic heterocycles. The van der Waals surface area contributed by atoms with Crippen LogP contribution in [0.15, 0.2) is 47.4 Å². The quantitative estimate of drug-likeness (QED) is 0.788. The predicted molar refractivity (Wildman–Crippen MR) is 102 cm³/mol. The second-order valence-electron chi connectivity index (χ2n) is 6.87. The number of amides is 1. The van der Waals surface area contributed by atoms with E-state index in [0.29, 0.717) is 50.5 Å². The number of ether oxygens (including phenoxy) is 1. The highest BCUT2D eigenvalue weighted by Gasteiger charge is 2.29. The number of carbonyl (C=O) groups excluding carboxylic acids is 1. The molecule has 0 bridgehead atoms. The normalized spacial score (nSPS) is 18.0. The molecule has 1 fully saturated rings. The number of hydrogen-bond donors (Lipinski definition) is 0. The number of halogens is 1. The Morgan fingerprint density at radius 2 is 1.71 bits per heavy atom. The Morgan fingerprint density at radius 1 is 1.00 bits per heavy atom. The lowest BCUT2D eigenvalue weighted by atomic mass is 10.0. The molecule has 6 nitrogen and oxygen atoms in total. The zero-order chi connectivity index (χ0) is 19.7. The molecule has 0 saturated carbocycles. The molecule has 0 aliphatic carbocycles. The summed E-state index contributed by atoms with van der Waals surface area (Å²) in [5.41, 5.74) is 1.94. The molecule has 148 valence electrons. The van der Waals surface area contributed by atoms with E-state index in [1.54, 1.807) is 23.1 Å². The molecule has 0 spiro atoms. The Morgan fingerprint density at radius 3 is 2.43 bits per heavy atom.